The first-order chi connectivity index (χ1) is 7.57. The van der Waals surface area contributed by atoms with E-state index in [-0.39, 0.29) is 19.1 Å². The van der Waals surface area contributed by atoms with Gasteiger partial charge >= 0.3 is 0 Å². The summed E-state index contributed by atoms with van der Waals surface area (Å²) in [5.41, 5.74) is 5.64. The number of carbonyl (C=O) groups is 1. The quantitative estimate of drug-likeness (QED) is 0.383. The van der Waals surface area contributed by atoms with Crippen molar-refractivity contribution in [3.05, 3.63) is 11.6 Å². The molecule has 4 N–H and O–H groups in total. The summed E-state index contributed by atoms with van der Waals surface area (Å²) in [5.74, 6) is -0.387. The number of carbonyl (C=O) groups excluding carboxylic acids is 1. The van der Waals surface area contributed by atoms with Crippen molar-refractivity contribution in [1.82, 2.24) is 0 Å². The van der Waals surface area contributed by atoms with Gasteiger partial charge in [0.1, 0.15) is 6.10 Å². The van der Waals surface area contributed by atoms with Crippen LogP contribution in [0.25, 0.3) is 0 Å². The maximum Gasteiger partial charge on any atom is 0.244 e. The van der Waals surface area contributed by atoms with Crippen LogP contribution in [0, 0.1) is 0 Å². The molecule has 0 aromatic rings. The molecule has 1 atom stereocenters. The summed E-state index contributed by atoms with van der Waals surface area (Å²) in [5, 5.41) is 17.5. The lowest BCUT2D eigenvalue weighted by Gasteiger charge is -2.07. The number of rotatable bonds is 9. The van der Waals surface area contributed by atoms with Crippen LogP contribution in [0.3, 0.4) is 0 Å². The zero-order chi connectivity index (χ0) is 12.4. The lowest BCUT2D eigenvalue weighted by molar-refractivity contribution is -0.114. The molecule has 1 unspecified atom stereocenters. The number of amides is 1. The molecule has 0 aliphatic rings. The lowest BCUT2D eigenvalue weighted by atomic mass is 10.2. The van der Waals surface area contributed by atoms with E-state index < -0.39 is 6.10 Å². The molecule has 16 heavy (non-hydrogen) atoms. The fraction of sp³-hybridized carbons (Fsp3) is 0.727. The number of hydrogen-bond acceptors (Lipinski definition) is 4. The standard InChI is InChI=1S/C11H21NO4/c1-9(11(12)15)5-3-2-4-6-16-8-10(14)7-13/h5,10,13-14H,2-4,6-8H2,1H3,(H2,12,15). The molecule has 0 rings (SSSR count). The molecule has 0 aliphatic heterocycles. The monoisotopic (exact) mass is 231 g/mol. The van der Waals surface area contributed by atoms with Crippen LogP contribution in [0.5, 0.6) is 0 Å². The Morgan fingerprint density at radius 2 is 2.19 bits per heavy atom. The van der Waals surface area contributed by atoms with Crippen molar-refractivity contribution in [2.45, 2.75) is 32.3 Å². The van der Waals surface area contributed by atoms with Crippen molar-refractivity contribution in [3.8, 4) is 0 Å². The molecular formula is C11H21NO4. The Morgan fingerprint density at radius 3 is 2.75 bits per heavy atom. The third-order valence-electron chi connectivity index (χ3n) is 2.10. The second kappa shape index (κ2) is 9.33. The SMILES string of the molecule is CC(=CCCCCOCC(O)CO)C(N)=O. The Balaban J connectivity index is 3.34. The maximum atomic E-state index is 10.7. The number of allylic oxidation sites excluding steroid dienone is 1. The fourth-order valence-electron chi connectivity index (χ4n) is 1.04. The second-order valence-corrected chi connectivity index (χ2v) is 3.66. The predicted octanol–water partition coefficient (Wildman–Crippen LogP) is -0.0419. The molecule has 5 heteroatoms. The van der Waals surface area contributed by atoms with Gasteiger partial charge in [0.05, 0.1) is 13.2 Å². The summed E-state index contributed by atoms with van der Waals surface area (Å²) < 4.78 is 5.12. The highest BCUT2D eigenvalue weighted by molar-refractivity contribution is 5.91. The van der Waals surface area contributed by atoms with E-state index in [1.165, 1.54) is 0 Å². The van der Waals surface area contributed by atoms with Gasteiger partial charge in [-0.05, 0) is 26.2 Å². The highest BCUT2D eigenvalue weighted by atomic mass is 16.5. The largest absolute Gasteiger partial charge is 0.394 e. The van der Waals surface area contributed by atoms with Gasteiger partial charge in [0.25, 0.3) is 0 Å². The van der Waals surface area contributed by atoms with Crippen LogP contribution < -0.4 is 5.73 Å². The van der Waals surface area contributed by atoms with Crippen molar-refractivity contribution in [2.75, 3.05) is 19.8 Å². The Labute approximate surface area is 95.9 Å². The first-order valence-electron chi connectivity index (χ1n) is 5.41. The van der Waals surface area contributed by atoms with E-state index in [9.17, 15) is 4.79 Å². The highest BCUT2D eigenvalue weighted by Gasteiger charge is 2.00. The van der Waals surface area contributed by atoms with Gasteiger partial charge in [-0.1, -0.05) is 6.08 Å². The van der Waals surface area contributed by atoms with Gasteiger partial charge in [0.2, 0.25) is 5.91 Å². The molecule has 0 heterocycles. The van der Waals surface area contributed by atoms with Crippen LogP contribution in [0.4, 0.5) is 0 Å². The number of aliphatic hydroxyl groups is 2. The summed E-state index contributed by atoms with van der Waals surface area (Å²) >= 11 is 0. The average molecular weight is 231 g/mol. The lowest BCUT2D eigenvalue weighted by Crippen LogP contribution is -2.19. The molecule has 0 saturated carbocycles. The number of ether oxygens (including phenoxy) is 1. The van der Waals surface area contributed by atoms with Gasteiger partial charge in [0, 0.05) is 12.2 Å². The summed E-state index contributed by atoms with van der Waals surface area (Å²) in [6.45, 7) is 2.12. The molecule has 0 fully saturated rings. The van der Waals surface area contributed by atoms with E-state index in [1.54, 1.807) is 6.92 Å². The fourth-order valence-corrected chi connectivity index (χ4v) is 1.04. The maximum absolute atomic E-state index is 10.7. The first kappa shape index (κ1) is 15.1. The molecule has 0 aliphatic carbocycles. The van der Waals surface area contributed by atoms with Gasteiger partial charge in [-0.2, -0.15) is 0 Å². The number of nitrogens with two attached hydrogens (primary N) is 1. The summed E-state index contributed by atoms with van der Waals surface area (Å²) in [4.78, 5) is 10.7. The van der Waals surface area contributed by atoms with Crippen LogP contribution in [0.1, 0.15) is 26.2 Å². The Bertz CT molecular complexity index is 228. The Morgan fingerprint density at radius 1 is 1.50 bits per heavy atom. The van der Waals surface area contributed by atoms with Crippen molar-refractivity contribution >= 4 is 5.91 Å². The van der Waals surface area contributed by atoms with Crippen molar-refractivity contribution < 1.29 is 19.7 Å². The predicted molar refractivity (Wildman–Crippen MR) is 60.7 cm³/mol. The topological polar surface area (TPSA) is 92.8 Å². The average Bonchev–Trinajstić information content (AvgIpc) is 2.26. The minimum atomic E-state index is -0.794. The first-order valence-corrected chi connectivity index (χ1v) is 5.41. The number of unbranched alkanes of at least 4 members (excludes halogenated alkanes) is 2. The molecule has 0 saturated heterocycles. The van der Waals surface area contributed by atoms with Gasteiger partial charge < -0.3 is 20.7 Å². The van der Waals surface area contributed by atoms with Crippen LogP contribution in [0.15, 0.2) is 11.6 Å². The van der Waals surface area contributed by atoms with Gasteiger partial charge in [-0.15, -0.1) is 0 Å². The highest BCUT2D eigenvalue weighted by Crippen LogP contribution is 2.01. The number of hydrogen-bond donors (Lipinski definition) is 3. The number of aliphatic hydroxyl groups excluding tert-OH is 2. The van der Waals surface area contributed by atoms with Gasteiger partial charge in [-0.3, -0.25) is 4.79 Å². The third-order valence-corrected chi connectivity index (χ3v) is 2.10. The van der Waals surface area contributed by atoms with Crippen LogP contribution in [-0.2, 0) is 9.53 Å². The Hall–Kier alpha value is -0.910. The Kier molecular flexibility index (Phi) is 8.80. The normalized spacial score (nSPS) is 13.8. The third kappa shape index (κ3) is 8.40. The molecule has 0 aromatic carbocycles. The smallest absolute Gasteiger partial charge is 0.244 e. The molecule has 5 nitrogen and oxygen atoms in total. The van der Waals surface area contributed by atoms with E-state index in [4.69, 9.17) is 20.7 Å². The zero-order valence-corrected chi connectivity index (χ0v) is 9.69. The molecule has 1 amide bonds. The second-order valence-electron chi connectivity index (χ2n) is 3.66. The number of primary amides is 1. The molecular weight excluding hydrogens is 210 g/mol. The van der Waals surface area contributed by atoms with E-state index in [0.717, 1.165) is 19.3 Å². The van der Waals surface area contributed by atoms with E-state index >= 15 is 0 Å². The summed E-state index contributed by atoms with van der Waals surface area (Å²) in [6, 6.07) is 0. The minimum Gasteiger partial charge on any atom is -0.394 e. The minimum absolute atomic E-state index is 0.159. The van der Waals surface area contributed by atoms with Crippen molar-refractivity contribution in [1.29, 1.82) is 0 Å². The molecule has 0 aromatic heterocycles. The van der Waals surface area contributed by atoms with Crippen LogP contribution in [0.2, 0.25) is 0 Å². The summed E-state index contributed by atoms with van der Waals surface area (Å²) in [6.07, 6.45) is 3.56. The molecule has 0 bridgehead atoms. The zero-order valence-electron chi connectivity index (χ0n) is 9.69. The van der Waals surface area contributed by atoms with E-state index in [1.807, 2.05) is 6.08 Å². The summed E-state index contributed by atoms with van der Waals surface area (Å²) in [7, 11) is 0. The van der Waals surface area contributed by atoms with Gasteiger partial charge in [0.15, 0.2) is 0 Å². The van der Waals surface area contributed by atoms with E-state index in [2.05, 4.69) is 0 Å². The van der Waals surface area contributed by atoms with Crippen molar-refractivity contribution in [3.63, 3.8) is 0 Å². The van der Waals surface area contributed by atoms with Crippen LogP contribution >= 0.6 is 0 Å². The van der Waals surface area contributed by atoms with E-state index in [0.29, 0.717) is 12.2 Å². The molecule has 0 spiro atoms. The van der Waals surface area contributed by atoms with Crippen molar-refractivity contribution in [2.24, 2.45) is 5.73 Å². The van der Waals surface area contributed by atoms with Crippen LogP contribution in [-0.4, -0.2) is 42.0 Å². The molecule has 0 radical (unpaired) electrons. The van der Waals surface area contributed by atoms with Gasteiger partial charge in [-0.25, -0.2) is 0 Å². The molecule has 94 valence electrons.